The average molecular weight is 508 g/mol. The van der Waals surface area contributed by atoms with E-state index in [1.54, 1.807) is 0 Å². The summed E-state index contributed by atoms with van der Waals surface area (Å²) in [7, 11) is 2.14. The SMILES string of the molecule is CN1Cc2cc(Nc3ncc(C#N)c(Nc4cccc(C(C)(C)C(F)(F)F)n4)n3)cc3c2C(CCC3)C1. The molecule has 2 aromatic heterocycles. The van der Waals surface area contributed by atoms with Gasteiger partial charge in [-0.3, -0.25) is 0 Å². The van der Waals surface area contributed by atoms with Gasteiger partial charge in [-0.15, -0.1) is 0 Å². The molecule has 1 aromatic carbocycles. The number of halogens is 3. The van der Waals surface area contributed by atoms with Crippen molar-refractivity contribution in [3.63, 3.8) is 0 Å². The summed E-state index contributed by atoms with van der Waals surface area (Å²) in [5.41, 5.74) is 2.88. The Balaban J connectivity index is 1.43. The van der Waals surface area contributed by atoms with Crippen LogP contribution in [0, 0.1) is 11.3 Å². The molecular formula is C27H28F3N7. The van der Waals surface area contributed by atoms with Gasteiger partial charge in [-0.2, -0.15) is 23.4 Å². The minimum atomic E-state index is -4.47. The number of benzene rings is 1. The topological polar surface area (TPSA) is 89.8 Å². The van der Waals surface area contributed by atoms with E-state index in [0.29, 0.717) is 5.92 Å². The molecule has 0 bridgehead atoms. The van der Waals surface area contributed by atoms with E-state index in [9.17, 15) is 18.4 Å². The maximum absolute atomic E-state index is 13.5. The van der Waals surface area contributed by atoms with Crippen LogP contribution >= 0.6 is 0 Å². The second kappa shape index (κ2) is 9.30. The molecular weight excluding hydrogens is 479 g/mol. The van der Waals surface area contributed by atoms with E-state index in [1.807, 2.05) is 6.07 Å². The highest BCUT2D eigenvalue weighted by molar-refractivity contribution is 5.65. The number of hydrogen-bond acceptors (Lipinski definition) is 7. The van der Waals surface area contributed by atoms with Crippen LogP contribution < -0.4 is 10.6 Å². The molecule has 2 aliphatic rings. The van der Waals surface area contributed by atoms with E-state index in [2.05, 4.69) is 49.7 Å². The lowest BCUT2D eigenvalue weighted by Gasteiger charge is -2.37. The molecule has 2 N–H and O–H groups in total. The highest BCUT2D eigenvalue weighted by Crippen LogP contribution is 2.41. The second-order valence-electron chi connectivity index (χ2n) is 10.3. The number of rotatable bonds is 5. The summed E-state index contributed by atoms with van der Waals surface area (Å²) < 4.78 is 40.6. The molecule has 0 radical (unpaired) electrons. The van der Waals surface area contributed by atoms with Crippen molar-refractivity contribution >= 4 is 23.3 Å². The first-order valence-corrected chi connectivity index (χ1v) is 12.2. The first kappa shape index (κ1) is 25.0. The number of anilines is 4. The van der Waals surface area contributed by atoms with E-state index < -0.39 is 11.6 Å². The first-order valence-electron chi connectivity index (χ1n) is 12.2. The molecule has 1 atom stereocenters. The molecule has 3 heterocycles. The predicted octanol–water partition coefficient (Wildman–Crippen LogP) is 5.94. The number of aryl methyl sites for hydroxylation is 1. The highest BCUT2D eigenvalue weighted by atomic mass is 19.4. The van der Waals surface area contributed by atoms with Gasteiger partial charge in [0.05, 0.1) is 11.9 Å². The van der Waals surface area contributed by atoms with Gasteiger partial charge in [0, 0.05) is 18.8 Å². The van der Waals surface area contributed by atoms with Crippen LogP contribution in [-0.2, 0) is 18.4 Å². The van der Waals surface area contributed by atoms with Crippen molar-refractivity contribution in [3.05, 3.63) is 64.5 Å². The number of hydrogen-bond donors (Lipinski definition) is 2. The normalized spacial score (nSPS) is 17.6. The fourth-order valence-electron chi connectivity index (χ4n) is 5.18. The summed E-state index contributed by atoms with van der Waals surface area (Å²) in [4.78, 5) is 15.2. The third-order valence-electron chi connectivity index (χ3n) is 7.24. The highest BCUT2D eigenvalue weighted by Gasteiger charge is 2.49. The van der Waals surface area contributed by atoms with Crippen molar-refractivity contribution < 1.29 is 13.2 Å². The van der Waals surface area contributed by atoms with E-state index in [4.69, 9.17) is 0 Å². The first-order chi connectivity index (χ1) is 17.5. The Hall–Kier alpha value is -3.71. The van der Waals surface area contributed by atoms with Crippen LogP contribution in [0.5, 0.6) is 0 Å². The van der Waals surface area contributed by atoms with Gasteiger partial charge in [-0.1, -0.05) is 6.07 Å². The summed E-state index contributed by atoms with van der Waals surface area (Å²) in [6.45, 7) is 4.12. The molecule has 1 unspecified atom stereocenters. The molecule has 3 aromatic rings. The Morgan fingerprint density at radius 2 is 1.89 bits per heavy atom. The maximum atomic E-state index is 13.5. The number of pyridine rings is 1. The van der Waals surface area contributed by atoms with Crippen molar-refractivity contribution in [2.24, 2.45) is 0 Å². The zero-order valence-electron chi connectivity index (χ0n) is 20.9. The van der Waals surface area contributed by atoms with E-state index in [0.717, 1.165) is 45.5 Å². The molecule has 0 saturated heterocycles. The molecule has 0 saturated carbocycles. The van der Waals surface area contributed by atoms with Gasteiger partial charge in [-0.25, -0.2) is 9.97 Å². The van der Waals surface area contributed by atoms with Crippen LogP contribution in [0.2, 0.25) is 0 Å². The second-order valence-corrected chi connectivity index (χ2v) is 10.3. The molecule has 5 rings (SSSR count). The number of aromatic nitrogens is 3. The van der Waals surface area contributed by atoms with Crippen molar-refractivity contribution in [2.45, 2.75) is 57.2 Å². The van der Waals surface area contributed by atoms with E-state index in [1.165, 1.54) is 47.5 Å². The van der Waals surface area contributed by atoms with Crippen molar-refractivity contribution in [2.75, 3.05) is 24.2 Å². The van der Waals surface area contributed by atoms with Crippen molar-refractivity contribution in [3.8, 4) is 6.07 Å². The number of nitriles is 1. The fraction of sp³-hybridized carbons (Fsp3) is 0.407. The van der Waals surface area contributed by atoms with Gasteiger partial charge in [0.1, 0.15) is 22.9 Å². The van der Waals surface area contributed by atoms with Crippen molar-refractivity contribution in [1.82, 2.24) is 19.9 Å². The Bertz CT molecular complexity index is 1380. The lowest BCUT2D eigenvalue weighted by atomic mass is 9.77. The molecule has 192 valence electrons. The monoisotopic (exact) mass is 507 g/mol. The maximum Gasteiger partial charge on any atom is 0.399 e. The van der Waals surface area contributed by atoms with Crippen LogP contribution in [0.25, 0.3) is 0 Å². The summed E-state index contributed by atoms with van der Waals surface area (Å²) in [6.07, 6.45) is 0.321. The van der Waals surface area contributed by atoms with E-state index >= 15 is 0 Å². The van der Waals surface area contributed by atoms with Crippen LogP contribution in [0.3, 0.4) is 0 Å². The summed E-state index contributed by atoms with van der Waals surface area (Å²) >= 11 is 0. The summed E-state index contributed by atoms with van der Waals surface area (Å²) in [5, 5.41) is 15.7. The van der Waals surface area contributed by atoms with Gasteiger partial charge < -0.3 is 15.5 Å². The van der Waals surface area contributed by atoms with Gasteiger partial charge in [-0.05, 0) is 87.0 Å². The Morgan fingerprint density at radius 3 is 2.65 bits per heavy atom. The zero-order valence-corrected chi connectivity index (χ0v) is 20.9. The van der Waals surface area contributed by atoms with Crippen LogP contribution in [0.1, 0.15) is 60.6 Å². The molecule has 0 spiro atoms. The third-order valence-corrected chi connectivity index (χ3v) is 7.24. The summed E-state index contributed by atoms with van der Waals surface area (Å²) in [6, 6.07) is 10.7. The molecule has 10 heteroatoms. The Labute approximate surface area is 213 Å². The molecule has 0 fully saturated rings. The largest absolute Gasteiger partial charge is 0.399 e. The average Bonchev–Trinajstić information content (AvgIpc) is 2.83. The fourth-order valence-corrected chi connectivity index (χ4v) is 5.18. The van der Waals surface area contributed by atoms with Gasteiger partial charge >= 0.3 is 6.18 Å². The minimum absolute atomic E-state index is 0.137. The van der Waals surface area contributed by atoms with E-state index in [-0.39, 0.29) is 28.8 Å². The zero-order chi connectivity index (χ0) is 26.4. The smallest absolute Gasteiger partial charge is 0.324 e. The summed E-state index contributed by atoms with van der Waals surface area (Å²) in [5.74, 6) is 1.16. The Kier molecular flexibility index (Phi) is 6.28. The minimum Gasteiger partial charge on any atom is -0.324 e. The van der Waals surface area contributed by atoms with Crippen LogP contribution in [0.15, 0.2) is 36.5 Å². The molecule has 0 amide bonds. The molecule has 7 nitrogen and oxygen atoms in total. The van der Waals surface area contributed by atoms with Crippen LogP contribution in [-0.4, -0.2) is 39.6 Å². The van der Waals surface area contributed by atoms with Gasteiger partial charge in [0.15, 0.2) is 5.82 Å². The standard InChI is InChI=1S/C27H28F3N7/c1-26(2,27(28,29)30)21-8-5-9-22(34-21)35-24-19(12-31)13-32-25(36-24)33-20-10-16-6-4-7-17-14-37(3)15-18(11-20)23(16)17/h5,8-11,13,17H,4,6-7,14-15H2,1-3H3,(H2,32,33,34,35,36). The molecule has 37 heavy (non-hydrogen) atoms. The quantitative estimate of drug-likeness (QED) is 0.442. The van der Waals surface area contributed by atoms with Gasteiger partial charge in [0.25, 0.3) is 0 Å². The number of nitrogens with zero attached hydrogens (tertiary/aromatic N) is 5. The van der Waals surface area contributed by atoms with Crippen LogP contribution in [0.4, 0.5) is 36.4 Å². The van der Waals surface area contributed by atoms with Gasteiger partial charge in [0.2, 0.25) is 5.95 Å². The number of nitrogens with one attached hydrogen (secondary N) is 2. The third kappa shape index (κ3) is 4.83. The predicted molar refractivity (Wildman–Crippen MR) is 135 cm³/mol. The molecule has 1 aliphatic heterocycles. The number of likely N-dealkylation sites (N-methyl/N-ethyl adjacent to an activating group) is 1. The lowest BCUT2D eigenvalue weighted by Crippen LogP contribution is -2.37. The van der Waals surface area contributed by atoms with Crippen molar-refractivity contribution in [1.29, 1.82) is 5.26 Å². The Morgan fingerprint density at radius 1 is 1.11 bits per heavy atom. The molecule has 1 aliphatic carbocycles. The number of alkyl halides is 3. The lowest BCUT2D eigenvalue weighted by molar-refractivity contribution is -0.181.